The van der Waals surface area contributed by atoms with Gasteiger partial charge in [-0.05, 0) is 11.6 Å². The lowest BCUT2D eigenvalue weighted by atomic mass is 10.1. The lowest BCUT2D eigenvalue weighted by Crippen LogP contribution is -2.42. The highest BCUT2D eigenvalue weighted by atomic mass is 32.2. The van der Waals surface area contributed by atoms with Crippen LogP contribution in [0.1, 0.15) is 10.8 Å². The van der Waals surface area contributed by atoms with Gasteiger partial charge in [0, 0.05) is 25.5 Å². The van der Waals surface area contributed by atoms with Gasteiger partial charge in [0.25, 0.3) is 0 Å². The standard InChI is InChI=1S/C16H17N3O2S/c20-15(19-9-11-21-12-10-19)14(13-5-2-1-3-6-13)22-16-17-7-4-8-18-16/h1-8,14H,9-12H2/t14-/m1/s1. The van der Waals surface area contributed by atoms with Crippen LogP contribution >= 0.6 is 11.8 Å². The fraction of sp³-hybridized carbons (Fsp3) is 0.312. The normalized spacial score (nSPS) is 16.3. The molecule has 5 nitrogen and oxygen atoms in total. The number of hydrogen-bond donors (Lipinski definition) is 0. The predicted octanol–water partition coefficient (Wildman–Crippen LogP) is 2.17. The van der Waals surface area contributed by atoms with E-state index in [0.29, 0.717) is 31.5 Å². The maximum Gasteiger partial charge on any atom is 0.240 e. The molecule has 1 aliphatic rings. The number of carbonyl (C=O) groups is 1. The summed E-state index contributed by atoms with van der Waals surface area (Å²) in [6.07, 6.45) is 3.38. The lowest BCUT2D eigenvalue weighted by molar-refractivity contribution is -0.134. The molecule has 1 atom stereocenters. The van der Waals surface area contributed by atoms with Crippen molar-refractivity contribution in [2.75, 3.05) is 26.3 Å². The summed E-state index contributed by atoms with van der Waals surface area (Å²) in [7, 11) is 0. The zero-order chi connectivity index (χ0) is 15.2. The van der Waals surface area contributed by atoms with Crippen molar-refractivity contribution in [3.63, 3.8) is 0 Å². The molecule has 0 unspecified atom stereocenters. The maximum atomic E-state index is 12.9. The molecule has 114 valence electrons. The van der Waals surface area contributed by atoms with Crippen LogP contribution in [-0.4, -0.2) is 47.1 Å². The van der Waals surface area contributed by atoms with E-state index in [1.165, 1.54) is 11.8 Å². The van der Waals surface area contributed by atoms with Crippen molar-refractivity contribution in [2.24, 2.45) is 0 Å². The van der Waals surface area contributed by atoms with Gasteiger partial charge in [0.1, 0.15) is 5.25 Å². The van der Waals surface area contributed by atoms with Crippen molar-refractivity contribution in [1.29, 1.82) is 0 Å². The van der Waals surface area contributed by atoms with E-state index in [1.807, 2.05) is 35.2 Å². The Kier molecular flexibility index (Phi) is 5.03. The average Bonchev–Trinajstić information content (AvgIpc) is 2.61. The molecule has 2 heterocycles. The molecule has 1 aliphatic heterocycles. The second kappa shape index (κ2) is 7.38. The molecule has 1 aromatic heterocycles. The molecule has 0 aliphatic carbocycles. The van der Waals surface area contributed by atoms with Crippen LogP contribution in [0.3, 0.4) is 0 Å². The largest absolute Gasteiger partial charge is 0.378 e. The monoisotopic (exact) mass is 315 g/mol. The van der Waals surface area contributed by atoms with Gasteiger partial charge in [0.05, 0.1) is 13.2 Å². The molecule has 2 aromatic rings. The van der Waals surface area contributed by atoms with E-state index in [2.05, 4.69) is 9.97 Å². The van der Waals surface area contributed by atoms with E-state index < -0.39 is 0 Å². The number of thioether (sulfide) groups is 1. The van der Waals surface area contributed by atoms with Crippen molar-refractivity contribution in [2.45, 2.75) is 10.4 Å². The Bertz CT molecular complexity index is 603. The Hall–Kier alpha value is -1.92. The van der Waals surface area contributed by atoms with E-state index >= 15 is 0 Å². The van der Waals surface area contributed by atoms with Crippen LogP contribution in [0, 0.1) is 0 Å². The van der Waals surface area contributed by atoms with E-state index in [0.717, 1.165) is 5.56 Å². The highest BCUT2D eigenvalue weighted by Crippen LogP contribution is 2.34. The molecular formula is C16H17N3O2S. The summed E-state index contributed by atoms with van der Waals surface area (Å²) in [5, 5.41) is 0.277. The molecule has 0 radical (unpaired) electrons. The first-order valence-electron chi connectivity index (χ1n) is 7.20. The molecule has 1 fully saturated rings. The zero-order valence-electron chi connectivity index (χ0n) is 12.1. The molecule has 0 spiro atoms. The Morgan fingerprint density at radius 2 is 1.77 bits per heavy atom. The van der Waals surface area contributed by atoms with Gasteiger partial charge in [0.2, 0.25) is 5.91 Å². The van der Waals surface area contributed by atoms with Crippen LogP contribution in [0.4, 0.5) is 0 Å². The molecule has 1 saturated heterocycles. The van der Waals surface area contributed by atoms with Gasteiger partial charge in [-0.25, -0.2) is 9.97 Å². The average molecular weight is 315 g/mol. The third-order valence-electron chi connectivity index (χ3n) is 3.41. The maximum absolute atomic E-state index is 12.9. The molecular weight excluding hydrogens is 298 g/mol. The van der Waals surface area contributed by atoms with Gasteiger partial charge >= 0.3 is 0 Å². The van der Waals surface area contributed by atoms with Crippen molar-refractivity contribution in [3.05, 3.63) is 54.4 Å². The smallest absolute Gasteiger partial charge is 0.240 e. The zero-order valence-corrected chi connectivity index (χ0v) is 12.9. The van der Waals surface area contributed by atoms with Gasteiger partial charge in [0.15, 0.2) is 5.16 Å². The van der Waals surface area contributed by atoms with Gasteiger partial charge < -0.3 is 9.64 Å². The highest BCUT2D eigenvalue weighted by Gasteiger charge is 2.28. The van der Waals surface area contributed by atoms with Crippen molar-refractivity contribution in [3.8, 4) is 0 Å². The summed E-state index contributed by atoms with van der Waals surface area (Å²) in [6, 6.07) is 11.6. The Morgan fingerprint density at radius 3 is 2.45 bits per heavy atom. The first-order valence-corrected chi connectivity index (χ1v) is 8.08. The quantitative estimate of drug-likeness (QED) is 0.639. The minimum atomic E-state index is -0.332. The molecule has 22 heavy (non-hydrogen) atoms. The summed E-state index contributed by atoms with van der Waals surface area (Å²) in [5.41, 5.74) is 0.969. The third kappa shape index (κ3) is 3.64. The second-order valence-corrected chi connectivity index (χ2v) is 5.95. The molecule has 1 amide bonds. The number of amides is 1. The molecule has 0 saturated carbocycles. The fourth-order valence-electron chi connectivity index (χ4n) is 2.29. The molecule has 3 rings (SSSR count). The molecule has 1 aromatic carbocycles. The summed E-state index contributed by atoms with van der Waals surface area (Å²) in [5.74, 6) is 0.0898. The minimum Gasteiger partial charge on any atom is -0.378 e. The Morgan fingerprint density at radius 1 is 1.09 bits per heavy atom. The van der Waals surface area contributed by atoms with Crippen molar-refractivity contribution in [1.82, 2.24) is 14.9 Å². The molecule has 0 bridgehead atoms. The van der Waals surface area contributed by atoms with Crippen LogP contribution in [0.15, 0.2) is 53.9 Å². The van der Waals surface area contributed by atoms with E-state index in [1.54, 1.807) is 18.5 Å². The van der Waals surface area contributed by atoms with Crippen LogP contribution in [-0.2, 0) is 9.53 Å². The van der Waals surface area contributed by atoms with Crippen LogP contribution in [0.2, 0.25) is 0 Å². The first kappa shape index (κ1) is 15.0. The first-order chi connectivity index (χ1) is 10.8. The number of ether oxygens (including phenoxy) is 1. The van der Waals surface area contributed by atoms with E-state index in [-0.39, 0.29) is 11.2 Å². The van der Waals surface area contributed by atoms with E-state index in [4.69, 9.17) is 4.74 Å². The SMILES string of the molecule is O=C([C@H](Sc1ncccn1)c1ccccc1)N1CCOCC1. The number of aromatic nitrogens is 2. The Balaban J connectivity index is 1.84. The van der Waals surface area contributed by atoms with Gasteiger partial charge in [-0.3, -0.25) is 4.79 Å². The summed E-state index contributed by atoms with van der Waals surface area (Å²) in [4.78, 5) is 23.2. The van der Waals surface area contributed by atoms with Crippen LogP contribution in [0.25, 0.3) is 0 Å². The number of rotatable bonds is 4. The number of morpholine rings is 1. The summed E-state index contributed by atoms with van der Waals surface area (Å²) >= 11 is 1.39. The van der Waals surface area contributed by atoms with Crippen molar-refractivity contribution < 1.29 is 9.53 Å². The Labute approximate surface area is 133 Å². The number of hydrogen-bond acceptors (Lipinski definition) is 5. The summed E-state index contributed by atoms with van der Waals surface area (Å²) < 4.78 is 5.33. The van der Waals surface area contributed by atoms with Gasteiger partial charge in [-0.1, -0.05) is 42.1 Å². The van der Waals surface area contributed by atoms with Gasteiger partial charge in [-0.15, -0.1) is 0 Å². The van der Waals surface area contributed by atoms with E-state index in [9.17, 15) is 4.79 Å². The fourth-order valence-corrected chi connectivity index (χ4v) is 3.29. The highest BCUT2D eigenvalue weighted by molar-refractivity contribution is 8.00. The predicted molar refractivity (Wildman–Crippen MR) is 84.5 cm³/mol. The van der Waals surface area contributed by atoms with Crippen molar-refractivity contribution >= 4 is 17.7 Å². The number of carbonyl (C=O) groups excluding carboxylic acids is 1. The lowest BCUT2D eigenvalue weighted by Gasteiger charge is -2.30. The number of nitrogens with zero attached hydrogens (tertiary/aromatic N) is 3. The third-order valence-corrected chi connectivity index (χ3v) is 4.55. The number of benzene rings is 1. The van der Waals surface area contributed by atoms with Crippen LogP contribution in [0.5, 0.6) is 0 Å². The second-order valence-electron chi connectivity index (χ2n) is 4.88. The van der Waals surface area contributed by atoms with Crippen LogP contribution < -0.4 is 0 Å². The molecule has 0 N–H and O–H groups in total. The summed E-state index contributed by atoms with van der Waals surface area (Å²) in [6.45, 7) is 2.47. The van der Waals surface area contributed by atoms with Gasteiger partial charge in [-0.2, -0.15) is 0 Å². The topological polar surface area (TPSA) is 55.3 Å². The minimum absolute atomic E-state index is 0.0898. The molecule has 6 heteroatoms.